The van der Waals surface area contributed by atoms with Gasteiger partial charge in [-0.15, -0.1) is 0 Å². The Bertz CT molecular complexity index is 236. The summed E-state index contributed by atoms with van der Waals surface area (Å²) in [6.45, 7) is 6.76. The Morgan fingerprint density at radius 2 is 1.60 bits per heavy atom. The van der Waals surface area contributed by atoms with E-state index in [0.29, 0.717) is 4.13 Å². The molecular formula is C11H17Cl3V. The second-order valence-electron chi connectivity index (χ2n) is 3.32. The fraction of sp³-hybridized carbons (Fsp3) is 0.636. The third-order valence-corrected chi connectivity index (χ3v) is 3.89. The minimum absolute atomic E-state index is 0. The predicted molar refractivity (Wildman–Crippen MR) is 49.7 cm³/mol. The standard InChI is InChI=1S/C11H17.3ClH.V/c1-4-9-7-8-10(5-2)11(9)6-3;;;;/h7-8H,4-6H2,1-3H3;3*1H;/q;;;;+3/p-3. The molecule has 0 aromatic rings. The molecule has 1 aliphatic rings. The summed E-state index contributed by atoms with van der Waals surface area (Å²) in [5.74, 6) is 0. The van der Waals surface area contributed by atoms with Crippen molar-refractivity contribution in [1.29, 1.82) is 0 Å². The molecule has 0 nitrogen and oxygen atoms in total. The van der Waals surface area contributed by atoms with Crippen LogP contribution < -0.4 is 37.2 Å². The molecule has 0 spiro atoms. The number of allylic oxidation sites excluding steroid dienone is 4. The number of hydrogen-bond donors (Lipinski definition) is 0. The molecule has 1 unspecified atom stereocenters. The SMILES string of the molecule is CCC1=C(CC)[C]([V+3])(CC)C=C1.[Cl-].[Cl-].[Cl-]. The monoisotopic (exact) mass is 305 g/mol. The van der Waals surface area contributed by atoms with Crippen LogP contribution in [0, 0.1) is 0 Å². The van der Waals surface area contributed by atoms with Crippen molar-refractivity contribution < 1.29 is 54.6 Å². The molecule has 0 N–H and O–H groups in total. The van der Waals surface area contributed by atoms with Gasteiger partial charge >= 0.3 is 84.9 Å². The van der Waals surface area contributed by atoms with Gasteiger partial charge in [-0.1, -0.05) is 0 Å². The van der Waals surface area contributed by atoms with Crippen molar-refractivity contribution in [3.63, 3.8) is 0 Å². The van der Waals surface area contributed by atoms with E-state index in [1.807, 2.05) is 0 Å². The summed E-state index contributed by atoms with van der Waals surface area (Å²) in [7, 11) is 0. The van der Waals surface area contributed by atoms with Crippen LogP contribution in [0.15, 0.2) is 23.3 Å². The average Bonchev–Trinajstić information content (AvgIpc) is 2.43. The van der Waals surface area contributed by atoms with Crippen LogP contribution in [0.5, 0.6) is 0 Å². The average molecular weight is 307 g/mol. The summed E-state index contributed by atoms with van der Waals surface area (Å²) in [6, 6.07) is 0. The van der Waals surface area contributed by atoms with E-state index >= 15 is 0 Å². The predicted octanol–water partition coefficient (Wildman–Crippen LogP) is -5.20. The molecule has 1 aliphatic carbocycles. The van der Waals surface area contributed by atoms with Crippen LogP contribution in [0.3, 0.4) is 0 Å². The topological polar surface area (TPSA) is 0 Å². The van der Waals surface area contributed by atoms with E-state index < -0.39 is 0 Å². The first-order valence-corrected chi connectivity index (χ1v) is 5.51. The maximum Gasteiger partial charge on any atom is -1.00 e. The maximum absolute atomic E-state index is 2.84. The van der Waals surface area contributed by atoms with Crippen LogP contribution >= 0.6 is 0 Å². The van der Waals surface area contributed by atoms with Crippen molar-refractivity contribution >= 4 is 0 Å². The normalized spacial score (nSPS) is 23.0. The fourth-order valence-corrected chi connectivity index (χ4v) is 2.50. The molecule has 0 amide bonds. The van der Waals surface area contributed by atoms with Gasteiger partial charge in [0.1, 0.15) is 0 Å². The zero-order valence-corrected chi connectivity index (χ0v) is 13.0. The Morgan fingerprint density at radius 1 is 1.07 bits per heavy atom. The van der Waals surface area contributed by atoms with Gasteiger partial charge in [0.2, 0.25) is 0 Å². The third kappa shape index (κ3) is 4.36. The van der Waals surface area contributed by atoms with Gasteiger partial charge in [-0.25, -0.2) is 0 Å². The summed E-state index contributed by atoms with van der Waals surface area (Å²) in [4.78, 5) is 0. The minimum Gasteiger partial charge on any atom is -1.00 e. The molecule has 0 fully saturated rings. The summed E-state index contributed by atoms with van der Waals surface area (Å²) in [6.07, 6.45) is 8.24. The van der Waals surface area contributed by atoms with Gasteiger partial charge in [0.25, 0.3) is 0 Å². The van der Waals surface area contributed by atoms with Crippen LogP contribution in [-0.2, 0) is 17.4 Å². The molecule has 4 heteroatoms. The van der Waals surface area contributed by atoms with Crippen molar-refractivity contribution in [1.82, 2.24) is 0 Å². The molecule has 0 radical (unpaired) electrons. The quantitative estimate of drug-likeness (QED) is 0.489. The van der Waals surface area contributed by atoms with Crippen molar-refractivity contribution in [2.24, 2.45) is 0 Å². The van der Waals surface area contributed by atoms with Crippen LogP contribution in [-0.4, -0.2) is 0 Å². The molecule has 0 bridgehead atoms. The number of rotatable bonds is 3. The molecule has 0 heterocycles. The van der Waals surface area contributed by atoms with E-state index in [-0.39, 0.29) is 37.2 Å². The summed E-state index contributed by atoms with van der Waals surface area (Å²) < 4.78 is 0.313. The van der Waals surface area contributed by atoms with Crippen LogP contribution in [0.25, 0.3) is 0 Å². The molecule has 1 atom stereocenters. The van der Waals surface area contributed by atoms with Crippen LogP contribution in [0.2, 0.25) is 4.13 Å². The number of halogens is 3. The van der Waals surface area contributed by atoms with E-state index in [4.69, 9.17) is 0 Å². The first kappa shape index (κ1) is 21.2. The van der Waals surface area contributed by atoms with Crippen molar-refractivity contribution in [2.75, 3.05) is 0 Å². The second-order valence-corrected chi connectivity index (χ2v) is 4.57. The molecule has 1 rings (SSSR count). The number of hydrogen-bond acceptors (Lipinski definition) is 0. The van der Waals surface area contributed by atoms with Gasteiger partial charge < -0.3 is 37.2 Å². The molecule has 0 saturated heterocycles. The largest absolute Gasteiger partial charge is 1.00 e. The fourth-order valence-electron chi connectivity index (χ4n) is 1.91. The summed E-state index contributed by atoms with van der Waals surface area (Å²) in [5.41, 5.74) is 3.19. The third-order valence-electron chi connectivity index (χ3n) is 2.74. The van der Waals surface area contributed by atoms with Gasteiger partial charge in [0, 0.05) is 0 Å². The first-order chi connectivity index (χ1) is 5.68. The maximum atomic E-state index is 2.84. The first-order valence-electron chi connectivity index (χ1n) is 4.82. The van der Waals surface area contributed by atoms with Gasteiger partial charge in [-0.3, -0.25) is 0 Å². The Morgan fingerprint density at radius 3 is 1.93 bits per heavy atom. The Hall–Kier alpha value is 0.934. The molecule has 0 aromatic carbocycles. The Kier molecular flexibility index (Phi) is 12.8. The van der Waals surface area contributed by atoms with Gasteiger partial charge in [0.05, 0.1) is 0 Å². The molecule has 87 valence electrons. The zero-order valence-electron chi connectivity index (χ0n) is 9.36. The zero-order chi connectivity index (χ0) is 9.19. The van der Waals surface area contributed by atoms with E-state index in [9.17, 15) is 0 Å². The van der Waals surface area contributed by atoms with Crippen molar-refractivity contribution in [3.05, 3.63) is 23.3 Å². The van der Waals surface area contributed by atoms with E-state index in [1.54, 1.807) is 11.1 Å². The Labute approximate surface area is 122 Å². The van der Waals surface area contributed by atoms with Crippen molar-refractivity contribution in [3.8, 4) is 0 Å². The van der Waals surface area contributed by atoms with Gasteiger partial charge in [-0.2, -0.15) is 0 Å². The summed E-state index contributed by atoms with van der Waals surface area (Å²) in [5, 5.41) is 0. The van der Waals surface area contributed by atoms with Crippen LogP contribution in [0.4, 0.5) is 0 Å². The minimum atomic E-state index is 0. The molecular weight excluding hydrogens is 289 g/mol. The molecule has 0 aromatic heterocycles. The smallest absolute Gasteiger partial charge is 1.00 e. The summed E-state index contributed by atoms with van der Waals surface area (Å²) >= 11 is 2.84. The molecule has 15 heavy (non-hydrogen) atoms. The van der Waals surface area contributed by atoms with E-state index in [2.05, 4.69) is 50.3 Å². The van der Waals surface area contributed by atoms with E-state index in [1.165, 1.54) is 19.3 Å². The Balaban J connectivity index is -0.000000480. The van der Waals surface area contributed by atoms with Crippen molar-refractivity contribution in [2.45, 2.75) is 44.2 Å². The molecule has 0 saturated carbocycles. The van der Waals surface area contributed by atoms with E-state index in [0.717, 1.165) is 0 Å². The van der Waals surface area contributed by atoms with Gasteiger partial charge in [-0.05, 0) is 0 Å². The molecule has 0 aliphatic heterocycles. The second kappa shape index (κ2) is 9.02. The van der Waals surface area contributed by atoms with Gasteiger partial charge in [0.15, 0.2) is 0 Å². The van der Waals surface area contributed by atoms with Crippen LogP contribution in [0.1, 0.15) is 40.0 Å².